The van der Waals surface area contributed by atoms with Crippen LogP contribution in [0, 0.1) is 11.8 Å². The summed E-state index contributed by atoms with van der Waals surface area (Å²) in [6, 6.07) is 0. The molecule has 1 saturated carbocycles. The number of hydrogen-bond donors (Lipinski definition) is 4. The van der Waals surface area contributed by atoms with Gasteiger partial charge in [0.05, 0.1) is 0 Å². The monoisotopic (exact) mass is 413 g/mol. The molecule has 1 aliphatic rings. The lowest BCUT2D eigenvalue weighted by molar-refractivity contribution is -0.131. The van der Waals surface area contributed by atoms with Crippen molar-refractivity contribution in [3.05, 3.63) is 12.2 Å². The summed E-state index contributed by atoms with van der Waals surface area (Å²) in [6.07, 6.45) is 17.8. The lowest BCUT2D eigenvalue weighted by Crippen LogP contribution is -2.34. The highest BCUT2D eigenvalue weighted by molar-refractivity contribution is 7.80. The Bertz CT molecular complexity index is 484. The van der Waals surface area contributed by atoms with Crippen LogP contribution in [0.4, 0.5) is 0 Å². The zero-order valence-electron chi connectivity index (χ0n) is 17.3. The fraction of sp³-hybridized carbons (Fsp3) is 0.762. The van der Waals surface area contributed by atoms with Crippen LogP contribution in [0.5, 0.6) is 0 Å². The molecule has 6 nitrogen and oxygen atoms in total. The quantitative estimate of drug-likeness (QED) is 0.117. The van der Waals surface area contributed by atoms with Gasteiger partial charge in [0.1, 0.15) is 5.78 Å². The van der Waals surface area contributed by atoms with Gasteiger partial charge in [-0.15, -0.1) is 0 Å². The van der Waals surface area contributed by atoms with E-state index in [1.807, 2.05) is 5.43 Å². The molecule has 0 radical (unpaired) electrons. The highest BCUT2D eigenvalue weighted by atomic mass is 32.1. The number of carboxylic acid groups (broad SMARTS) is 1. The van der Waals surface area contributed by atoms with Gasteiger partial charge in [-0.3, -0.25) is 4.79 Å². The number of rotatable bonds is 13. The number of hydrazine groups is 1. The Morgan fingerprint density at radius 2 is 1.79 bits per heavy atom. The summed E-state index contributed by atoms with van der Waals surface area (Å²) in [4.78, 5) is 22.5. The number of unbranched alkanes of at least 4 members (excludes halogenated alkanes) is 7. The van der Waals surface area contributed by atoms with E-state index in [4.69, 9.17) is 10.8 Å². The number of hydrogen-bond acceptors (Lipinski definition) is 4. The molecule has 0 amide bonds. The second-order valence-electron chi connectivity index (χ2n) is 7.46. The minimum atomic E-state index is -0.880. The van der Waals surface area contributed by atoms with Crippen LogP contribution in [0.1, 0.15) is 90.4 Å². The van der Waals surface area contributed by atoms with Gasteiger partial charge in [0.2, 0.25) is 0 Å². The zero-order valence-corrected chi connectivity index (χ0v) is 18.1. The summed E-state index contributed by atoms with van der Waals surface area (Å²) < 4.78 is 0. The maximum absolute atomic E-state index is 12.1. The predicted octanol–water partition coefficient (Wildman–Crippen LogP) is 4.23. The maximum Gasteiger partial charge on any atom is 0.327 e. The van der Waals surface area contributed by atoms with Gasteiger partial charge in [-0.2, -0.15) is 0 Å². The molecule has 1 fully saturated rings. The van der Waals surface area contributed by atoms with E-state index in [1.54, 1.807) is 6.08 Å². The number of Topliss-reactive ketones (excluding diaryl/α,β-unsaturated/α-hetero) is 1. The number of aliphatic carboxylic acids is 1. The van der Waals surface area contributed by atoms with Crippen LogP contribution < -0.4 is 17.0 Å². The normalized spacial score (nSPS) is 18.7. The number of carbonyl (C=O) groups excluding carboxylic acids is 1. The van der Waals surface area contributed by atoms with E-state index in [0.717, 1.165) is 38.5 Å². The van der Waals surface area contributed by atoms with Gasteiger partial charge < -0.3 is 16.3 Å². The van der Waals surface area contributed by atoms with Gasteiger partial charge in [0.15, 0.2) is 5.11 Å². The van der Waals surface area contributed by atoms with Gasteiger partial charge in [-0.25, -0.2) is 10.6 Å². The number of nitrogens with two attached hydrogens (primary N) is 2. The van der Waals surface area contributed by atoms with Crippen molar-refractivity contribution in [1.82, 2.24) is 5.43 Å². The summed E-state index contributed by atoms with van der Waals surface area (Å²) in [6.45, 7) is 2.24. The van der Waals surface area contributed by atoms with Crippen LogP contribution in [0.15, 0.2) is 12.2 Å². The fourth-order valence-corrected chi connectivity index (χ4v) is 3.72. The SMILES string of the molecule is CCCCCCCC[C@H]1CCC(=O)[C@@H]1CCCCC=CC(=O)O.NNC(N)=S. The molecule has 2 atom stereocenters. The molecule has 162 valence electrons. The molecular formula is C21H39N3O3S. The van der Waals surface area contributed by atoms with E-state index in [2.05, 4.69) is 25.0 Å². The molecule has 0 bridgehead atoms. The number of carbonyl (C=O) groups is 2. The highest BCUT2D eigenvalue weighted by Crippen LogP contribution is 2.36. The molecule has 0 aromatic heterocycles. The molecule has 0 spiro atoms. The van der Waals surface area contributed by atoms with Crippen molar-refractivity contribution in [3.8, 4) is 0 Å². The lowest BCUT2D eigenvalue weighted by atomic mass is 9.86. The second-order valence-corrected chi connectivity index (χ2v) is 7.90. The standard InChI is InChI=1S/C20H34O3.CH5N3S/c1-2-3-4-5-6-9-12-17-15-16-19(21)18(17)13-10-7-8-11-14-20(22)23;2-1(5)4-3/h11,14,17-18H,2-10,12-13,15-16H2,1H3,(H,22,23);3H2,(H3,2,4,5)/t17-,18+;/m0./s1. The molecule has 1 rings (SSSR count). The van der Waals surface area contributed by atoms with Crippen molar-refractivity contribution in [1.29, 1.82) is 0 Å². The van der Waals surface area contributed by atoms with Crippen LogP contribution in [-0.2, 0) is 9.59 Å². The van der Waals surface area contributed by atoms with Crippen LogP contribution in [-0.4, -0.2) is 22.0 Å². The maximum atomic E-state index is 12.1. The summed E-state index contributed by atoms with van der Waals surface area (Å²) >= 11 is 4.24. The first-order chi connectivity index (χ1) is 13.4. The van der Waals surface area contributed by atoms with Gasteiger partial charge >= 0.3 is 5.97 Å². The molecule has 0 heterocycles. The minimum absolute atomic E-state index is 0.116. The number of thiocarbonyl (C=S) groups is 1. The van der Waals surface area contributed by atoms with Crippen LogP contribution in [0.2, 0.25) is 0 Å². The highest BCUT2D eigenvalue weighted by Gasteiger charge is 2.33. The van der Waals surface area contributed by atoms with Gasteiger partial charge in [-0.1, -0.05) is 57.9 Å². The average molecular weight is 414 g/mol. The molecule has 0 aromatic carbocycles. The topological polar surface area (TPSA) is 118 Å². The molecule has 0 unspecified atom stereocenters. The number of allylic oxidation sites excluding steroid dienone is 1. The lowest BCUT2D eigenvalue weighted by Gasteiger charge is -2.18. The number of carboxylic acids is 1. The van der Waals surface area contributed by atoms with Crippen molar-refractivity contribution >= 4 is 29.1 Å². The van der Waals surface area contributed by atoms with E-state index in [-0.39, 0.29) is 11.0 Å². The van der Waals surface area contributed by atoms with Crippen LogP contribution >= 0.6 is 12.2 Å². The third-order valence-electron chi connectivity index (χ3n) is 5.21. The first-order valence-electron chi connectivity index (χ1n) is 10.6. The van der Waals surface area contributed by atoms with Crippen molar-refractivity contribution < 1.29 is 14.7 Å². The smallest absolute Gasteiger partial charge is 0.327 e. The van der Waals surface area contributed by atoms with Crippen molar-refractivity contribution in [2.75, 3.05) is 0 Å². The zero-order chi connectivity index (χ0) is 21.2. The third-order valence-corrected chi connectivity index (χ3v) is 5.33. The predicted molar refractivity (Wildman–Crippen MR) is 119 cm³/mol. The average Bonchev–Trinajstić information content (AvgIpc) is 3.01. The Labute approximate surface area is 175 Å². The molecule has 0 aliphatic heterocycles. The Morgan fingerprint density at radius 3 is 2.39 bits per heavy atom. The molecule has 0 saturated heterocycles. The van der Waals surface area contributed by atoms with Crippen LogP contribution in [0.25, 0.3) is 0 Å². The number of nitrogens with one attached hydrogen (secondary N) is 1. The molecule has 7 heteroatoms. The third kappa shape index (κ3) is 14.6. The summed E-state index contributed by atoms with van der Waals surface area (Å²) in [5.41, 5.74) is 6.82. The van der Waals surface area contributed by atoms with Crippen LogP contribution in [0.3, 0.4) is 0 Å². The van der Waals surface area contributed by atoms with Crippen molar-refractivity contribution in [2.24, 2.45) is 23.4 Å². The number of ketones is 1. The van der Waals surface area contributed by atoms with E-state index in [9.17, 15) is 9.59 Å². The summed E-state index contributed by atoms with van der Waals surface area (Å²) in [5.74, 6) is 5.15. The summed E-state index contributed by atoms with van der Waals surface area (Å²) in [7, 11) is 0. The van der Waals surface area contributed by atoms with Crippen molar-refractivity contribution in [2.45, 2.75) is 90.4 Å². The Kier molecular flexibility index (Phi) is 16.7. The molecular weight excluding hydrogens is 374 g/mol. The van der Waals surface area contributed by atoms with E-state index >= 15 is 0 Å². The van der Waals surface area contributed by atoms with Gasteiger partial charge in [0, 0.05) is 18.4 Å². The van der Waals surface area contributed by atoms with Gasteiger partial charge in [0.25, 0.3) is 0 Å². The fourth-order valence-electron chi connectivity index (χ4n) is 3.72. The minimum Gasteiger partial charge on any atom is -0.478 e. The Hall–Kier alpha value is -1.47. The van der Waals surface area contributed by atoms with E-state index < -0.39 is 5.97 Å². The largest absolute Gasteiger partial charge is 0.478 e. The van der Waals surface area contributed by atoms with Gasteiger partial charge in [-0.05, 0) is 50.2 Å². The first-order valence-corrected chi connectivity index (χ1v) is 11.0. The van der Waals surface area contributed by atoms with E-state index in [0.29, 0.717) is 11.7 Å². The molecule has 1 aliphatic carbocycles. The van der Waals surface area contributed by atoms with E-state index in [1.165, 1.54) is 51.0 Å². The van der Waals surface area contributed by atoms with Crippen molar-refractivity contribution in [3.63, 3.8) is 0 Å². The molecule has 28 heavy (non-hydrogen) atoms. The Morgan fingerprint density at radius 1 is 1.18 bits per heavy atom. The molecule has 0 aromatic rings. The second kappa shape index (κ2) is 17.6. The summed E-state index contributed by atoms with van der Waals surface area (Å²) in [5, 5.41) is 8.65. The Balaban J connectivity index is 0.00000129. The first kappa shape index (κ1) is 26.5. The molecule has 6 N–H and O–H groups in total.